The zero-order valence-electron chi connectivity index (χ0n) is 13.9. The van der Waals surface area contributed by atoms with Gasteiger partial charge in [-0.3, -0.25) is 9.88 Å². The van der Waals surface area contributed by atoms with E-state index < -0.39 is 0 Å². The molecule has 0 radical (unpaired) electrons. The normalized spacial score (nSPS) is 27.6. The first kappa shape index (κ1) is 15.7. The highest BCUT2D eigenvalue weighted by Crippen LogP contribution is 2.41. The molecule has 4 rings (SSSR count). The average Bonchev–Trinajstić information content (AvgIpc) is 3.14. The zero-order valence-corrected chi connectivity index (χ0v) is 13.9. The van der Waals surface area contributed by atoms with Crippen LogP contribution in [0.15, 0.2) is 47.5 Å². The van der Waals surface area contributed by atoms with Gasteiger partial charge in [0.2, 0.25) is 0 Å². The summed E-state index contributed by atoms with van der Waals surface area (Å²) in [6, 6.07) is 5.92. The Morgan fingerprint density at radius 1 is 1.38 bits per heavy atom. The summed E-state index contributed by atoms with van der Waals surface area (Å²) in [7, 11) is 0. The largest absolute Gasteiger partial charge is 0.491 e. The van der Waals surface area contributed by atoms with Crippen LogP contribution in [-0.4, -0.2) is 42.3 Å². The van der Waals surface area contributed by atoms with Gasteiger partial charge in [0, 0.05) is 43.4 Å². The molecule has 0 amide bonds. The molecule has 2 aliphatic heterocycles. The number of ether oxygens (including phenoxy) is 2. The quantitative estimate of drug-likeness (QED) is 0.844. The minimum absolute atomic E-state index is 0.0656. The molecule has 5 nitrogen and oxygen atoms in total. The number of piperidine rings is 1. The van der Waals surface area contributed by atoms with Crippen LogP contribution in [0.25, 0.3) is 0 Å². The van der Waals surface area contributed by atoms with Crippen molar-refractivity contribution in [1.29, 1.82) is 0 Å². The first-order valence-corrected chi connectivity index (χ1v) is 8.72. The highest BCUT2D eigenvalue weighted by atomic mass is 16.5. The van der Waals surface area contributed by atoms with Crippen molar-refractivity contribution in [2.24, 2.45) is 5.41 Å². The summed E-state index contributed by atoms with van der Waals surface area (Å²) in [4.78, 5) is 6.64. The summed E-state index contributed by atoms with van der Waals surface area (Å²) in [6.07, 6.45) is 10.7. The van der Waals surface area contributed by atoms with Crippen molar-refractivity contribution in [3.8, 4) is 5.75 Å². The Balaban J connectivity index is 1.47. The van der Waals surface area contributed by atoms with Gasteiger partial charge in [0.05, 0.1) is 31.4 Å². The molecule has 0 saturated carbocycles. The molecule has 2 aromatic rings. The van der Waals surface area contributed by atoms with Crippen LogP contribution in [0, 0.1) is 5.41 Å². The molecule has 2 atom stereocenters. The van der Waals surface area contributed by atoms with Crippen LogP contribution in [0.5, 0.6) is 5.75 Å². The maximum atomic E-state index is 6.12. The molecule has 5 heteroatoms. The molecule has 2 saturated heterocycles. The van der Waals surface area contributed by atoms with Gasteiger partial charge in [-0.15, -0.1) is 0 Å². The summed E-state index contributed by atoms with van der Waals surface area (Å²) in [5, 5.41) is 0. The second-order valence-electron chi connectivity index (χ2n) is 6.93. The summed E-state index contributed by atoms with van der Waals surface area (Å²) in [6.45, 7) is 4.55. The molecule has 2 aromatic heterocycles. The van der Waals surface area contributed by atoms with Crippen molar-refractivity contribution >= 4 is 0 Å². The van der Waals surface area contributed by atoms with Gasteiger partial charge in [-0.25, -0.2) is 0 Å². The topological polar surface area (TPSA) is 47.7 Å². The second kappa shape index (κ2) is 6.95. The van der Waals surface area contributed by atoms with Crippen LogP contribution >= 0.6 is 0 Å². The van der Waals surface area contributed by atoms with Crippen molar-refractivity contribution in [1.82, 2.24) is 9.88 Å². The Labute approximate surface area is 142 Å². The predicted octanol–water partition coefficient (Wildman–Crippen LogP) is 3.12. The van der Waals surface area contributed by atoms with E-state index in [0.717, 1.165) is 51.3 Å². The van der Waals surface area contributed by atoms with E-state index in [0.29, 0.717) is 12.7 Å². The van der Waals surface area contributed by atoms with E-state index in [-0.39, 0.29) is 5.41 Å². The average molecular weight is 328 g/mol. The van der Waals surface area contributed by atoms with E-state index in [1.807, 2.05) is 24.5 Å². The van der Waals surface area contributed by atoms with Crippen LogP contribution in [0.1, 0.15) is 24.8 Å². The van der Waals surface area contributed by atoms with E-state index in [1.165, 1.54) is 5.56 Å². The highest BCUT2D eigenvalue weighted by Gasteiger charge is 2.46. The molecule has 4 heterocycles. The molecule has 2 aliphatic rings. The Hall–Kier alpha value is -1.85. The number of nitrogens with zero attached hydrogens (tertiary/aromatic N) is 2. The fourth-order valence-corrected chi connectivity index (χ4v) is 4.03. The smallest absolute Gasteiger partial charge is 0.137 e. The third kappa shape index (κ3) is 3.32. The fourth-order valence-electron chi connectivity index (χ4n) is 4.03. The molecular formula is C19H24N2O3. The van der Waals surface area contributed by atoms with E-state index >= 15 is 0 Å². The Bertz CT molecular complexity index is 631. The lowest BCUT2D eigenvalue weighted by Gasteiger charge is -2.50. The first-order valence-electron chi connectivity index (χ1n) is 8.72. The summed E-state index contributed by atoms with van der Waals surface area (Å²) in [5.41, 5.74) is 1.30. The number of hydrogen-bond acceptors (Lipinski definition) is 5. The second-order valence-corrected chi connectivity index (χ2v) is 6.93. The Morgan fingerprint density at radius 3 is 3.21 bits per heavy atom. The lowest BCUT2D eigenvalue weighted by Crippen LogP contribution is -2.57. The van der Waals surface area contributed by atoms with Crippen LogP contribution in [0.2, 0.25) is 0 Å². The third-order valence-corrected chi connectivity index (χ3v) is 5.21. The highest BCUT2D eigenvalue weighted by molar-refractivity contribution is 5.16. The molecule has 0 N–H and O–H groups in total. The van der Waals surface area contributed by atoms with Gasteiger partial charge in [0.25, 0.3) is 0 Å². The van der Waals surface area contributed by atoms with Crippen molar-refractivity contribution < 1.29 is 13.9 Å². The lowest BCUT2D eigenvalue weighted by molar-refractivity contribution is -0.140. The minimum Gasteiger partial charge on any atom is -0.491 e. The summed E-state index contributed by atoms with van der Waals surface area (Å²) in [5.74, 6) is 0.836. The van der Waals surface area contributed by atoms with Gasteiger partial charge in [0.1, 0.15) is 5.75 Å². The number of pyridine rings is 1. The van der Waals surface area contributed by atoms with Gasteiger partial charge in [-0.1, -0.05) is 0 Å². The molecule has 0 bridgehead atoms. The van der Waals surface area contributed by atoms with Gasteiger partial charge < -0.3 is 13.9 Å². The van der Waals surface area contributed by atoms with Crippen molar-refractivity contribution in [2.45, 2.75) is 31.9 Å². The van der Waals surface area contributed by atoms with Crippen molar-refractivity contribution in [2.75, 3.05) is 26.3 Å². The number of hydrogen-bond donors (Lipinski definition) is 0. The number of furan rings is 1. The van der Waals surface area contributed by atoms with Gasteiger partial charge >= 0.3 is 0 Å². The van der Waals surface area contributed by atoms with Gasteiger partial charge in [0.15, 0.2) is 0 Å². The first-order chi connectivity index (χ1) is 11.8. The minimum atomic E-state index is 0.0656. The van der Waals surface area contributed by atoms with Crippen LogP contribution < -0.4 is 4.74 Å². The standard InChI is InChI=1S/C19H24N2O3/c1-3-17(11-20-7-1)24-15-19-6-2-9-23-18(19)4-8-21(14-19)12-16-5-10-22-13-16/h1,3,5,7,10-11,13,18H,2,4,6,8-9,12,14-15H2/t18-,19-/m1/s1. The van der Waals surface area contributed by atoms with E-state index in [2.05, 4.69) is 9.88 Å². The molecule has 128 valence electrons. The van der Waals surface area contributed by atoms with Crippen molar-refractivity contribution in [3.05, 3.63) is 48.7 Å². The molecular weight excluding hydrogens is 304 g/mol. The molecule has 0 aromatic carbocycles. The van der Waals surface area contributed by atoms with Crippen molar-refractivity contribution in [3.63, 3.8) is 0 Å². The van der Waals surface area contributed by atoms with E-state index in [9.17, 15) is 0 Å². The number of aromatic nitrogens is 1. The third-order valence-electron chi connectivity index (χ3n) is 5.21. The summed E-state index contributed by atoms with van der Waals surface area (Å²) >= 11 is 0. The molecule has 24 heavy (non-hydrogen) atoms. The molecule has 0 unspecified atom stereocenters. The molecule has 0 spiro atoms. The zero-order chi connectivity index (χ0) is 16.2. The van der Waals surface area contributed by atoms with Crippen LogP contribution in [0.4, 0.5) is 0 Å². The number of fused-ring (bicyclic) bond motifs is 1. The Kier molecular flexibility index (Phi) is 4.54. The predicted molar refractivity (Wildman–Crippen MR) is 89.7 cm³/mol. The Morgan fingerprint density at radius 2 is 2.38 bits per heavy atom. The van der Waals surface area contributed by atoms with Crippen LogP contribution in [0.3, 0.4) is 0 Å². The van der Waals surface area contributed by atoms with Gasteiger partial charge in [-0.2, -0.15) is 0 Å². The summed E-state index contributed by atoms with van der Waals surface area (Å²) < 4.78 is 17.4. The number of rotatable bonds is 5. The van der Waals surface area contributed by atoms with Crippen LogP contribution in [-0.2, 0) is 11.3 Å². The molecule has 2 fully saturated rings. The van der Waals surface area contributed by atoms with E-state index in [4.69, 9.17) is 13.9 Å². The monoisotopic (exact) mass is 328 g/mol. The fraction of sp³-hybridized carbons (Fsp3) is 0.526. The lowest BCUT2D eigenvalue weighted by atomic mass is 9.73. The number of likely N-dealkylation sites (tertiary alicyclic amines) is 1. The molecule has 0 aliphatic carbocycles. The van der Waals surface area contributed by atoms with E-state index in [1.54, 1.807) is 18.7 Å². The SMILES string of the molecule is c1cncc(OC[C@]23CCCO[C@@H]2CCN(Cc2ccoc2)C3)c1. The van der Waals surface area contributed by atoms with Gasteiger partial charge in [-0.05, 0) is 37.5 Å². The maximum absolute atomic E-state index is 6.12. The maximum Gasteiger partial charge on any atom is 0.137 e.